The van der Waals surface area contributed by atoms with Crippen molar-refractivity contribution in [2.75, 3.05) is 21.1 Å². The van der Waals surface area contributed by atoms with Gasteiger partial charge in [0, 0.05) is 33.3 Å². The molecule has 3 N–H and O–H groups in total. The number of hydrogen-bond donors (Lipinski definition) is 3. The molecule has 7 heteroatoms. The summed E-state index contributed by atoms with van der Waals surface area (Å²) in [6.07, 6.45) is 1.83. The minimum atomic E-state index is -0.00435. The van der Waals surface area contributed by atoms with Crippen LogP contribution in [0.15, 0.2) is 65.8 Å². The number of imidazole rings is 1. The molecule has 29 heavy (non-hydrogen) atoms. The molecule has 0 saturated carbocycles. The van der Waals surface area contributed by atoms with Gasteiger partial charge in [-0.05, 0) is 23.3 Å². The molecule has 0 spiro atoms. The lowest BCUT2D eigenvalue weighted by atomic mass is 10.1. The molecule has 0 bridgehead atoms. The Morgan fingerprint density at radius 2 is 1.72 bits per heavy atom. The van der Waals surface area contributed by atoms with E-state index < -0.39 is 0 Å². The first-order chi connectivity index (χ1) is 14.1. The van der Waals surface area contributed by atoms with Gasteiger partial charge in [-0.3, -0.25) is 9.79 Å². The van der Waals surface area contributed by atoms with Crippen LogP contribution >= 0.6 is 0 Å². The summed E-state index contributed by atoms with van der Waals surface area (Å²) in [4.78, 5) is 25.5. The lowest BCUT2D eigenvalue weighted by Gasteiger charge is -2.12. The zero-order chi connectivity index (χ0) is 20.6. The highest BCUT2D eigenvalue weighted by atomic mass is 16.2. The number of aromatic nitrogens is 2. The number of carbonyl (C=O) groups is 1. The van der Waals surface area contributed by atoms with E-state index in [9.17, 15) is 4.79 Å². The predicted octanol–water partition coefficient (Wildman–Crippen LogP) is 2.64. The third-order valence-corrected chi connectivity index (χ3v) is 4.43. The van der Waals surface area contributed by atoms with Crippen LogP contribution in [0.25, 0.3) is 11.3 Å². The highest BCUT2D eigenvalue weighted by Crippen LogP contribution is 2.15. The SMILES string of the molecule is CN=C(NCc1ccc(C(=O)N(C)C)cc1)NCc1ncc(-c2ccccc2)[nH]1. The van der Waals surface area contributed by atoms with E-state index in [4.69, 9.17) is 0 Å². The topological polar surface area (TPSA) is 85.4 Å². The molecule has 0 fully saturated rings. The number of aromatic amines is 1. The van der Waals surface area contributed by atoms with Crippen molar-refractivity contribution in [3.63, 3.8) is 0 Å². The van der Waals surface area contributed by atoms with Crippen LogP contribution in [-0.2, 0) is 13.1 Å². The number of hydrogen-bond acceptors (Lipinski definition) is 3. The average molecular weight is 390 g/mol. The largest absolute Gasteiger partial charge is 0.352 e. The number of rotatable bonds is 6. The van der Waals surface area contributed by atoms with Crippen molar-refractivity contribution in [3.8, 4) is 11.3 Å². The van der Waals surface area contributed by atoms with Crippen molar-refractivity contribution in [3.05, 3.63) is 77.7 Å². The van der Waals surface area contributed by atoms with E-state index >= 15 is 0 Å². The van der Waals surface area contributed by atoms with Crippen LogP contribution in [0.4, 0.5) is 0 Å². The number of H-pyrrole nitrogens is 1. The molecular weight excluding hydrogens is 364 g/mol. The van der Waals surface area contributed by atoms with Crippen LogP contribution < -0.4 is 10.6 Å². The number of benzene rings is 2. The zero-order valence-electron chi connectivity index (χ0n) is 16.9. The van der Waals surface area contributed by atoms with Gasteiger partial charge in [-0.1, -0.05) is 42.5 Å². The summed E-state index contributed by atoms with van der Waals surface area (Å²) < 4.78 is 0. The molecule has 1 amide bonds. The number of nitrogens with zero attached hydrogens (tertiary/aromatic N) is 3. The minimum absolute atomic E-state index is 0.00435. The first kappa shape index (κ1) is 20.1. The lowest BCUT2D eigenvalue weighted by molar-refractivity contribution is 0.0827. The van der Waals surface area contributed by atoms with Gasteiger partial charge < -0.3 is 20.5 Å². The first-order valence-electron chi connectivity index (χ1n) is 9.41. The number of amides is 1. The summed E-state index contributed by atoms with van der Waals surface area (Å²) in [5.41, 5.74) is 3.82. The van der Waals surface area contributed by atoms with Gasteiger partial charge in [0.2, 0.25) is 0 Å². The molecule has 0 saturated heterocycles. The molecule has 0 atom stereocenters. The van der Waals surface area contributed by atoms with E-state index in [1.807, 2.05) is 60.8 Å². The Hall–Kier alpha value is -3.61. The molecule has 0 radical (unpaired) electrons. The van der Waals surface area contributed by atoms with Gasteiger partial charge >= 0.3 is 0 Å². The fraction of sp³-hybridized carbons (Fsp3) is 0.227. The zero-order valence-corrected chi connectivity index (χ0v) is 16.9. The smallest absolute Gasteiger partial charge is 0.253 e. The van der Waals surface area contributed by atoms with Crippen LogP contribution in [0, 0.1) is 0 Å². The summed E-state index contributed by atoms with van der Waals surface area (Å²) in [6.45, 7) is 1.13. The maximum Gasteiger partial charge on any atom is 0.253 e. The van der Waals surface area contributed by atoms with Crippen molar-refractivity contribution in [1.82, 2.24) is 25.5 Å². The van der Waals surface area contributed by atoms with Crippen molar-refractivity contribution >= 4 is 11.9 Å². The summed E-state index contributed by atoms with van der Waals surface area (Å²) >= 11 is 0. The standard InChI is InChI=1S/C22H26N6O/c1-23-22(25-13-16-9-11-18(12-10-16)21(29)28(2)3)26-15-20-24-14-19(27-20)17-7-5-4-6-8-17/h4-12,14H,13,15H2,1-3H3,(H,24,27)(H2,23,25,26). The van der Waals surface area contributed by atoms with Crippen LogP contribution in [-0.4, -0.2) is 47.9 Å². The van der Waals surface area contributed by atoms with Gasteiger partial charge in [-0.2, -0.15) is 0 Å². The normalized spacial score (nSPS) is 11.2. The Kier molecular flexibility index (Phi) is 6.63. The Balaban J connectivity index is 1.51. The highest BCUT2D eigenvalue weighted by molar-refractivity contribution is 5.93. The molecule has 0 aliphatic heterocycles. The second-order valence-corrected chi connectivity index (χ2v) is 6.79. The molecule has 7 nitrogen and oxygen atoms in total. The molecule has 0 unspecified atom stereocenters. The second kappa shape index (κ2) is 9.54. The van der Waals surface area contributed by atoms with E-state index in [0.717, 1.165) is 22.6 Å². The van der Waals surface area contributed by atoms with Gasteiger partial charge in [0.1, 0.15) is 5.82 Å². The van der Waals surface area contributed by atoms with Gasteiger partial charge in [0.15, 0.2) is 5.96 Å². The maximum atomic E-state index is 12.0. The Labute approximate surface area is 170 Å². The number of carbonyl (C=O) groups excluding carboxylic acids is 1. The molecule has 0 aliphatic rings. The van der Waals surface area contributed by atoms with Crippen LogP contribution in [0.2, 0.25) is 0 Å². The fourth-order valence-corrected chi connectivity index (χ4v) is 2.81. The predicted molar refractivity (Wildman–Crippen MR) is 116 cm³/mol. The van der Waals surface area contributed by atoms with Crippen molar-refractivity contribution in [1.29, 1.82) is 0 Å². The second-order valence-electron chi connectivity index (χ2n) is 6.79. The van der Waals surface area contributed by atoms with Gasteiger partial charge in [0.25, 0.3) is 5.91 Å². The molecule has 1 aromatic heterocycles. The first-order valence-corrected chi connectivity index (χ1v) is 9.41. The number of guanidine groups is 1. The molecule has 1 heterocycles. The maximum absolute atomic E-state index is 12.0. The minimum Gasteiger partial charge on any atom is -0.352 e. The van der Waals surface area contributed by atoms with Crippen molar-refractivity contribution in [2.45, 2.75) is 13.1 Å². The third kappa shape index (κ3) is 5.44. The summed E-state index contributed by atoms with van der Waals surface area (Å²) in [7, 11) is 5.22. The van der Waals surface area contributed by atoms with Crippen LogP contribution in [0.3, 0.4) is 0 Å². The molecule has 3 rings (SSSR count). The number of nitrogens with one attached hydrogen (secondary N) is 3. The van der Waals surface area contributed by atoms with Gasteiger partial charge in [-0.15, -0.1) is 0 Å². The number of aliphatic imine (C=N–C) groups is 1. The lowest BCUT2D eigenvalue weighted by Crippen LogP contribution is -2.36. The summed E-state index contributed by atoms with van der Waals surface area (Å²) in [5, 5.41) is 6.52. The molecule has 2 aromatic carbocycles. The molecule has 0 aliphatic carbocycles. The molecule has 3 aromatic rings. The van der Waals surface area contributed by atoms with Crippen molar-refractivity contribution in [2.24, 2.45) is 4.99 Å². The van der Waals surface area contributed by atoms with E-state index in [0.29, 0.717) is 24.6 Å². The van der Waals surface area contributed by atoms with E-state index in [1.165, 1.54) is 0 Å². The van der Waals surface area contributed by atoms with Gasteiger partial charge in [-0.25, -0.2) is 4.98 Å². The fourth-order valence-electron chi connectivity index (χ4n) is 2.81. The Bertz CT molecular complexity index is 960. The van der Waals surface area contributed by atoms with Crippen LogP contribution in [0.1, 0.15) is 21.7 Å². The van der Waals surface area contributed by atoms with Crippen molar-refractivity contribution < 1.29 is 4.79 Å². The van der Waals surface area contributed by atoms with Gasteiger partial charge in [0.05, 0.1) is 18.4 Å². The molecule has 150 valence electrons. The van der Waals surface area contributed by atoms with E-state index in [-0.39, 0.29) is 5.91 Å². The quantitative estimate of drug-likeness (QED) is 0.446. The summed E-state index contributed by atoms with van der Waals surface area (Å²) in [6, 6.07) is 17.6. The Morgan fingerprint density at radius 3 is 2.38 bits per heavy atom. The average Bonchev–Trinajstić information content (AvgIpc) is 3.23. The monoisotopic (exact) mass is 390 g/mol. The Morgan fingerprint density at radius 1 is 1.03 bits per heavy atom. The molecular formula is C22H26N6O. The van der Waals surface area contributed by atoms with E-state index in [2.05, 4.69) is 25.6 Å². The van der Waals surface area contributed by atoms with E-state index in [1.54, 1.807) is 26.0 Å². The highest BCUT2D eigenvalue weighted by Gasteiger charge is 2.08. The third-order valence-electron chi connectivity index (χ3n) is 4.43. The van der Waals surface area contributed by atoms with Crippen LogP contribution in [0.5, 0.6) is 0 Å². The summed E-state index contributed by atoms with van der Waals surface area (Å²) in [5.74, 6) is 1.50.